The number of esters is 1. The number of rotatable bonds is 4. The predicted octanol–water partition coefficient (Wildman–Crippen LogP) is -0.700. The maximum Gasteiger partial charge on any atom is 1.00 e. The van der Waals surface area contributed by atoms with E-state index in [1.54, 1.807) is 0 Å². The van der Waals surface area contributed by atoms with Crippen molar-refractivity contribution < 1.29 is 42.7 Å². The van der Waals surface area contributed by atoms with Crippen LogP contribution < -0.4 is 18.9 Å². The summed E-state index contributed by atoms with van der Waals surface area (Å²) in [5, 5.41) is 7.60. The third-order valence-corrected chi connectivity index (χ3v) is 0.931. The Hall–Kier alpha value is -1.31. The van der Waals surface area contributed by atoms with Crippen molar-refractivity contribution in [3.8, 4) is 0 Å². The molecule has 0 saturated carbocycles. The molecule has 0 rings (SSSR count). The number of carbonyl (C=O) groups is 2. The molecule has 0 aliphatic carbocycles. The molecule has 0 heterocycles. The number of carbonyl (C=O) groups excluding carboxylic acids is 1. The van der Waals surface area contributed by atoms with Crippen LogP contribution in [0.2, 0.25) is 0 Å². The number of carboxylic acids is 1. The number of ether oxygens (including phenoxy) is 1. The smallest absolute Gasteiger partial charge is 0.478 e. The van der Waals surface area contributed by atoms with Crippen LogP contribution in [0.15, 0.2) is 37.2 Å². The monoisotopic (exact) mass is 238 g/mol. The molecule has 0 bridgehead atoms. The summed E-state index contributed by atoms with van der Waals surface area (Å²) in [5.41, 5.74) is 0. The van der Waals surface area contributed by atoms with E-state index in [1.807, 2.05) is 0 Å². The number of aliphatic carboxylic acids is 1. The van der Waals surface area contributed by atoms with Gasteiger partial charge in [0.25, 0.3) is 0 Å². The van der Waals surface area contributed by atoms with E-state index in [9.17, 15) is 14.0 Å². The first-order valence-corrected chi connectivity index (χ1v) is 3.90. The van der Waals surface area contributed by atoms with Gasteiger partial charge in [-0.05, 0) is 13.0 Å². The first kappa shape index (κ1) is 24.8. The van der Waals surface area contributed by atoms with Crippen LogP contribution >= 0.6 is 0 Å². The van der Waals surface area contributed by atoms with Crippen LogP contribution in [0.25, 0.3) is 0 Å². The molecule has 0 amide bonds. The van der Waals surface area contributed by atoms with E-state index in [2.05, 4.69) is 17.9 Å². The Morgan fingerprint density at radius 2 is 1.76 bits per heavy atom. The zero-order chi connectivity index (χ0) is 12.3. The Balaban J connectivity index is -0.000000105. The van der Waals surface area contributed by atoms with E-state index in [4.69, 9.17) is 5.11 Å². The summed E-state index contributed by atoms with van der Waals surface area (Å²) in [6.07, 6.45) is 3.03. The molecule has 4 nitrogen and oxygen atoms in total. The average Bonchev–Trinajstić information content (AvgIpc) is 2.17. The summed E-state index contributed by atoms with van der Waals surface area (Å²) in [7, 11) is 0. The van der Waals surface area contributed by atoms with Gasteiger partial charge in [-0.1, -0.05) is 13.2 Å². The van der Waals surface area contributed by atoms with E-state index in [0.29, 0.717) is 0 Å². The molecule has 1 N–H and O–H groups in total. The van der Waals surface area contributed by atoms with Gasteiger partial charge in [0.15, 0.2) is 0 Å². The molecular formula is C11H16FLiO4. The van der Waals surface area contributed by atoms with Gasteiger partial charge in [0.2, 0.25) is 0 Å². The van der Waals surface area contributed by atoms with Crippen LogP contribution in [0.3, 0.4) is 0 Å². The first-order chi connectivity index (χ1) is 6.93. The van der Waals surface area contributed by atoms with Crippen molar-refractivity contribution in [2.45, 2.75) is 6.92 Å². The van der Waals surface area contributed by atoms with Crippen LogP contribution in [-0.4, -0.2) is 23.7 Å². The van der Waals surface area contributed by atoms with Crippen LogP contribution in [0.1, 0.15) is 6.92 Å². The quantitative estimate of drug-likeness (QED) is 0.304. The van der Waals surface area contributed by atoms with Gasteiger partial charge in [-0.2, -0.15) is 0 Å². The van der Waals surface area contributed by atoms with Crippen molar-refractivity contribution >= 4 is 11.9 Å². The zero-order valence-electron chi connectivity index (χ0n) is 10.4. The van der Waals surface area contributed by atoms with E-state index in [1.165, 1.54) is 13.0 Å². The SMILES string of the molecule is C=CC(=O)O.C=CC(=O)OCC=C(C)F.[CH3-].[Li+]. The van der Waals surface area contributed by atoms with Gasteiger partial charge in [-0.15, -0.1) is 0 Å². The van der Waals surface area contributed by atoms with Gasteiger partial charge in [0, 0.05) is 12.2 Å². The second-order valence-corrected chi connectivity index (χ2v) is 2.17. The molecule has 0 saturated heterocycles. The Kier molecular flexibility index (Phi) is 24.9. The van der Waals surface area contributed by atoms with Crippen LogP contribution in [0, 0.1) is 7.43 Å². The van der Waals surface area contributed by atoms with Crippen molar-refractivity contribution in [2.75, 3.05) is 6.61 Å². The molecular weight excluding hydrogens is 222 g/mol. The number of hydrogen-bond acceptors (Lipinski definition) is 3. The molecule has 0 unspecified atom stereocenters. The maximum atomic E-state index is 11.9. The van der Waals surface area contributed by atoms with Crippen LogP contribution in [-0.2, 0) is 14.3 Å². The number of carboxylic acid groups (broad SMARTS) is 1. The van der Waals surface area contributed by atoms with Crippen molar-refractivity contribution in [1.29, 1.82) is 0 Å². The van der Waals surface area contributed by atoms with Gasteiger partial charge in [0.05, 0.1) is 5.83 Å². The summed E-state index contributed by atoms with van der Waals surface area (Å²) in [6.45, 7) is 7.38. The van der Waals surface area contributed by atoms with Crippen molar-refractivity contribution in [1.82, 2.24) is 0 Å². The fraction of sp³-hybridized carbons (Fsp3) is 0.182. The molecule has 0 spiro atoms. The number of allylic oxidation sites excluding steroid dienone is 1. The Bertz CT molecular complexity index is 271. The summed E-state index contributed by atoms with van der Waals surface area (Å²) >= 11 is 0. The van der Waals surface area contributed by atoms with Crippen LogP contribution in [0.5, 0.6) is 0 Å². The van der Waals surface area contributed by atoms with Gasteiger partial charge in [0.1, 0.15) is 6.61 Å². The molecule has 0 aromatic rings. The minimum Gasteiger partial charge on any atom is -0.478 e. The molecule has 0 aromatic carbocycles. The fourth-order valence-electron chi connectivity index (χ4n) is 0.298. The Morgan fingerprint density at radius 1 is 1.35 bits per heavy atom. The molecule has 17 heavy (non-hydrogen) atoms. The Labute approximate surface area is 113 Å². The zero-order valence-corrected chi connectivity index (χ0v) is 10.4. The van der Waals surface area contributed by atoms with Crippen molar-refractivity contribution in [3.05, 3.63) is 44.6 Å². The van der Waals surface area contributed by atoms with Crippen molar-refractivity contribution in [3.63, 3.8) is 0 Å². The molecule has 6 heteroatoms. The molecule has 92 valence electrons. The molecule has 0 aliphatic heterocycles. The molecule has 0 radical (unpaired) electrons. The van der Waals surface area contributed by atoms with Gasteiger partial charge >= 0.3 is 30.8 Å². The number of halogens is 1. The number of hydrogen-bond donors (Lipinski definition) is 1. The maximum absolute atomic E-state index is 11.9. The minimum absolute atomic E-state index is 0. The summed E-state index contributed by atoms with van der Waals surface area (Å²) < 4.78 is 16.3. The normalized spacial score (nSPS) is 8.24. The second-order valence-electron chi connectivity index (χ2n) is 2.17. The second kappa shape index (κ2) is 17.1. The third-order valence-electron chi connectivity index (χ3n) is 0.931. The van der Waals surface area contributed by atoms with E-state index in [0.717, 1.165) is 12.2 Å². The molecule has 0 aromatic heterocycles. The first-order valence-electron chi connectivity index (χ1n) is 3.90. The van der Waals surface area contributed by atoms with Gasteiger partial charge in [-0.3, -0.25) is 0 Å². The molecule has 0 aliphatic rings. The summed E-state index contributed by atoms with van der Waals surface area (Å²) in [6, 6.07) is 0. The summed E-state index contributed by atoms with van der Waals surface area (Å²) in [5.74, 6) is -1.89. The average molecular weight is 238 g/mol. The molecule has 0 fully saturated rings. The minimum atomic E-state index is -0.981. The van der Waals surface area contributed by atoms with Crippen molar-refractivity contribution in [2.24, 2.45) is 0 Å². The van der Waals surface area contributed by atoms with E-state index < -0.39 is 11.9 Å². The van der Waals surface area contributed by atoms with Gasteiger partial charge in [-0.25, -0.2) is 14.0 Å². The Morgan fingerprint density at radius 3 is 2.00 bits per heavy atom. The van der Waals surface area contributed by atoms with Gasteiger partial charge < -0.3 is 17.3 Å². The summed E-state index contributed by atoms with van der Waals surface area (Å²) in [4.78, 5) is 19.6. The third kappa shape index (κ3) is 31.3. The predicted molar refractivity (Wildman–Crippen MR) is 60.3 cm³/mol. The van der Waals surface area contributed by atoms with E-state index in [-0.39, 0.29) is 38.7 Å². The van der Waals surface area contributed by atoms with E-state index >= 15 is 0 Å². The molecule has 0 atom stereocenters. The topological polar surface area (TPSA) is 63.6 Å². The largest absolute Gasteiger partial charge is 1.00 e. The standard InChI is InChI=1S/C7H9FO2.C3H4O2.CH3.Li/c1-3-7(9)10-5-4-6(2)8;1-2-3(4)5;;/h3-4H,1,5H2,2H3;2H,1H2,(H,4,5);1H3;/q;;-1;+1. The van der Waals surface area contributed by atoms with Crippen LogP contribution in [0.4, 0.5) is 4.39 Å². The fourth-order valence-corrected chi connectivity index (χ4v) is 0.298.